The lowest BCUT2D eigenvalue weighted by Crippen LogP contribution is -2.18. The molecule has 0 heterocycles. The first-order valence-corrected chi connectivity index (χ1v) is 10.4. The van der Waals surface area contributed by atoms with E-state index in [0.717, 1.165) is 5.56 Å². The zero-order valence-electron chi connectivity index (χ0n) is 17.9. The minimum Gasteiger partial charge on any atom is -0.497 e. The minimum atomic E-state index is -0.408. The first-order valence-electron chi connectivity index (χ1n) is 9.65. The number of hydrogen-bond donors (Lipinski definition) is 1. The van der Waals surface area contributed by atoms with Gasteiger partial charge < -0.3 is 18.9 Å². The molecular formula is C24H23BrN2O5. The topological polar surface area (TPSA) is 78.4 Å². The Bertz CT molecular complexity index is 1100. The molecule has 0 aliphatic rings. The third-order valence-electron chi connectivity index (χ3n) is 4.51. The van der Waals surface area contributed by atoms with Crippen LogP contribution in [0.1, 0.15) is 21.5 Å². The molecule has 166 valence electrons. The summed E-state index contributed by atoms with van der Waals surface area (Å²) in [5.74, 6) is 1.70. The van der Waals surface area contributed by atoms with Gasteiger partial charge in [-0.05, 0) is 51.3 Å². The molecule has 7 nitrogen and oxygen atoms in total. The molecule has 0 saturated heterocycles. The Morgan fingerprint density at radius 1 is 0.969 bits per heavy atom. The fourth-order valence-electron chi connectivity index (χ4n) is 2.90. The lowest BCUT2D eigenvalue weighted by atomic mass is 10.2. The molecule has 8 heteroatoms. The molecule has 0 unspecified atom stereocenters. The van der Waals surface area contributed by atoms with Crippen molar-refractivity contribution in [2.45, 2.75) is 6.61 Å². The van der Waals surface area contributed by atoms with Gasteiger partial charge in [-0.25, -0.2) is 5.43 Å². The Hall–Kier alpha value is -3.52. The molecule has 0 radical (unpaired) electrons. The molecule has 3 aromatic rings. The Kier molecular flexibility index (Phi) is 8.10. The lowest BCUT2D eigenvalue weighted by Gasteiger charge is -2.13. The zero-order chi connectivity index (χ0) is 22.9. The van der Waals surface area contributed by atoms with Crippen LogP contribution in [0.5, 0.6) is 23.0 Å². The summed E-state index contributed by atoms with van der Waals surface area (Å²) in [6.45, 7) is 0.406. The van der Waals surface area contributed by atoms with Crippen LogP contribution in [-0.4, -0.2) is 33.5 Å². The van der Waals surface area contributed by atoms with E-state index in [2.05, 4.69) is 26.5 Å². The van der Waals surface area contributed by atoms with E-state index >= 15 is 0 Å². The highest BCUT2D eigenvalue weighted by Gasteiger charge is 2.14. The molecule has 0 saturated carbocycles. The summed E-state index contributed by atoms with van der Waals surface area (Å²) in [5, 5.41) is 4.05. The molecule has 1 N–H and O–H groups in total. The van der Waals surface area contributed by atoms with E-state index in [-0.39, 0.29) is 0 Å². The standard InChI is InChI=1S/C24H23BrN2O5/c1-29-18-9-10-19(21(13-18)30-2)24(28)27-26-14-17-11-20(25)23(22(12-17)31-3)32-15-16-7-5-4-6-8-16/h4-14H,15H2,1-3H3,(H,27,28)/b26-14-. The molecule has 32 heavy (non-hydrogen) atoms. The maximum Gasteiger partial charge on any atom is 0.275 e. The van der Waals surface area contributed by atoms with E-state index in [1.807, 2.05) is 36.4 Å². The summed E-state index contributed by atoms with van der Waals surface area (Å²) >= 11 is 3.52. The van der Waals surface area contributed by atoms with Crippen LogP contribution in [0.25, 0.3) is 0 Å². The number of methoxy groups -OCH3 is 3. The number of halogens is 1. The van der Waals surface area contributed by atoms with Gasteiger partial charge in [0, 0.05) is 6.07 Å². The van der Waals surface area contributed by atoms with E-state index in [9.17, 15) is 4.79 Å². The second kappa shape index (κ2) is 11.2. The second-order valence-corrected chi connectivity index (χ2v) is 7.43. The summed E-state index contributed by atoms with van der Waals surface area (Å²) in [5.41, 5.74) is 4.60. The number of rotatable bonds is 9. The number of nitrogens with one attached hydrogen (secondary N) is 1. The van der Waals surface area contributed by atoms with Gasteiger partial charge in [0.25, 0.3) is 5.91 Å². The Morgan fingerprint density at radius 2 is 1.72 bits per heavy atom. The molecule has 0 aliphatic heterocycles. The highest BCUT2D eigenvalue weighted by atomic mass is 79.9. The number of benzene rings is 3. The molecule has 0 aromatic heterocycles. The molecule has 3 rings (SSSR count). The summed E-state index contributed by atoms with van der Waals surface area (Å²) in [7, 11) is 4.60. The quantitative estimate of drug-likeness (QED) is 0.338. The Morgan fingerprint density at radius 3 is 2.41 bits per heavy atom. The number of nitrogens with zero attached hydrogens (tertiary/aromatic N) is 1. The molecule has 3 aromatic carbocycles. The number of hydrazone groups is 1. The van der Waals surface area contributed by atoms with Gasteiger partial charge in [-0.3, -0.25) is 4.79 Å². The molecule has 0 aliphatic carbocycles. The van der Waals surface area contributed by atoms with Crippen molar-refractivity contribution in [2.24, 2.45) is 5.10 Å². The largest absolute Gasteiger partial charge is 0.497 e. The fourth-order valence-corrected chi connectivity index (χ4v) is 3.47. The van der Waals surface area contributed by atoms with Gasteiger partial charge in [0.1, 0.15) is 18.1 Å². The SMILES string of the molecule is COc1ccc(C(=O)N/N=C\c2cc(Br)c(OCc3ccccc3)c(OC)c2)c(OC)c1. The second-order valence-electron chi connectivity index (χ2n) is 6.57. The predicted molar refractivity (Wildman–Crippen MR) is 126 cm³/mol. The molecular weight excluding hydrogens is 476 g/mol. The first kappa shape index (κ1) is 23.1. The summed E-state index contributed by atoms with van der Waals surface area (Å²) in [6.07, 6.45) is 1.52. The van der Waals surface area contributed by atoms with Crippen molar-refractivity contribution < 1.29 is 23.7 Å². The highest BCUT2D eigenvalue weighted by Crippen LogP contribution is 2.36. The van der Waals surface area contributed by atoms with Gasteiger partial charge in [0.05, 0.1) is 37.6 Å². The fraction of sp³-hybridized carbons (Fsp3) is 0.167. The van der Waals surface area contributed by atoms with Crippen molar-refractivity contribution in [3.63, 3.8) is 0 Å². The predicted octanol–water partition coefficient (Wildman–Crippen LogP) is 4.82. The van der Waals surface area contributed by atoms with Crippen LogP contribution in [0.3, 0.4) is 0 Å². The number of ether oxygens (including phenoxy) is 4. The minimum absolute atomic E-state index is 0.342. The van der Waals surface area contributed by atoms with Crippen LogP contribution in [-0.2, 0) is 6.61 Å². The van der Waals surface area contributed by atoms with Crippen LogP contribution in [0.15, 0.2) is 70.2 Å². The Labute approximate surface area is 195 Å². The van der Waals surface area contributed by atoms with Crippen LogP contribution in [0.2, 0.25) is 0 Å². The first-order chi connectivity index (χ1) is 15.5. The third-order valence-corrected chi connectivity index (χ3v) is 5.10. The molecule has 0 bridgehead atoms. The van der Waals surface area contributed by atoms with Gasteiger partial charge in [0.2, 0.25) is 0 Å². The number of carbonyl (C=O) groups excluding carboxylic acids is 1. The molecule has 1 amide bonds. The average molecular weight is 499 g/mol. The van der Waals surface area contributed by atoms with Gasteiger partial charge in [0.15, 0.2) is 11.5 Å². The van der Waals surface area contributed by atoms with E-state index in [1.54, 1.807) is 38.5 Å². The number of hydrogen-bond acceptors (Lipinski definition) is 6. The zero-order valence-corrected chi connectivity index (χ0v) is 19.5. The maximum absolute atomic E-state index is 12.5. The summed E-state index contributed by atoms with van der Waals surface area (Å²) in [6, 6.07) is 18.4. The van der Waals surface area contributed by atoms with Crippen molar-refractivity contribution in [3.8, 4) is 23.0 Å². The van der Waals surface area contributed by atoms with Crippen LogP contribution in [0.4, 0.5) is 0 Å². The summed E-state index contributed by atoms with van der Waals surface area (Å²) < 4.78 is 22.5. The van der Waals surface area contributed by atoms with Crippen molar-refractivity contribution in [2.75, 3.05) is 21.3 Å². The van der Waals surface area contributed by atoms with E-state index < -0.39 is 5.91 Å². The van der Waals surface area contributed by atoms with Gasteiger partial charge >= 0.3 is 0 Å². The van der Waals surface area contributed by atoms with Gasteiger partial charge in [-0.15, -0.1) is 0 Å². The van der Waals surface area contributed by atoms with Gasteiger partial charge in [-0.2, -0.15) is 5.10 Å². The van der Waals surface area contributed by atoms with Crippen molar-refractivity contribution in [1.29, 1.82) is 0 Å². The smallest absolute Gasteiger partial charge is 0.275 e. The molecule has 0 fully saturated rings. The monoisotopic (exact) mass is 498 g/mol. The third kappa shape index (κ3) is 5.79. The summed E-state index contributed by atoms with van der Waals surface area (Å²) in [4.78, 5) is 12.5. The van der Waals surface area contributed by atoms with Crippen LogP contribution in [0, 0.1) is 0 Å². The van der Waals surface area contributed by atoms with Crippen molar-refractivity contribution in [1.82, 2.24) is 5.43 Å². The number of carbonyl (C=O) groups is 1. The molecule has 0 spiro atoms. The maximum atomic E-state index is 12.5. The highest BCUT2D eigenvalue weighted by molar-refractivity contribution is 9.10. The van der Waals surface area contributed by atoms with Gasteiger partial charge in [-0.1, -0.05) is 30.3 Å². The average Bonchev–Trinajstić information content (AvgIpc) is 2.83. The Balaban J connectivity index is 1.70. The lowest BCUT2D eigenvalue weighted by molar-refractivity contribution is 0.0952. The van der Waals surface area contributed by atoms with Crippen molar-refractivity contribution in [3.05, 3.63) is 81.8 Å². The van der Waals surface area contributed by atoms with E-state index in [4.69, 9.17) is 18.9 Å². The van der Waals surface area contributed by atoms with Crippen LogP contribution < -0.4 is 24.4 Å². The van der Waals surface area contributed by atoms with Crippen molar-refractivity contribution >= 4 is 28.1 Å². The normalized spacial score (nSPS) is 10.6. The van der Waals surface area contributed by atoms with E-state index in [0.29, 0.717) is 45.2 Å². The van der Waals surface area contributed by atoms with E-state index in [1.165, 1.54) is 13.3 Å². The van der Waals surface area contributed by atoms with Crippen LogP contribution >= 0.6 is 15.9 Å². The number of amides is 1. The molecule has 0 atom stereocenters.